The molecule has 17 nitrogen and oxygen atoms in total. The molecule has 0 radical (unpaired) electrons. The number of hydrogen-bond donors (Lipinski definition) is 8. The number of carbonyl (C=O) groups is 9. The molecule has 0 unspecified atom stereocenters. The number of aliphatic hydroxyl groups is 1. The van der Waals surface area contributed by atoms with E-state index < -0.39 is 132 Å². The van der Waals surface area contributed by atoms with Crippen LogP contribution in [0.2, 0.25) is 0 Å². The first-order chi connectivity index (χ1) is 31.7. The molecule has 0 spiro atoms. The van der Waals surface area contributed by atoms with Crippen LogP contribution in [0.3, 0.4) is 0 Å². The molecule has 9 N–H and O–H groups in total. The average Bonchev–Trinajstić information content (AvgIpc) is 3.80. The second-order valence-electron chi connectivity index (χ2n) is 17.8. The average molecular weight is 955 g/mol. The first-order valence-electron chi connectivity index (χ1n) is 22.8. The maximum Gasteiger partial charge on any atom is 0.326 e. The molecular weight excluding hydrogens is 888 g/mol. The Balaban J connectivity index is 1.71. The Morgan fingerprint density at radius 3 is 1.94 bits per heavy atom. The highest BCUT2D eigenvalue weighted by Gasteiger charge is 2.41. The highest BCUT2D eigenvalue weighted by Crippen LogP contribution is 2.27. The van der Waals surface area contributed by atoms with Gasteiger partial charge in [0.05, 0.1) is 42.6 Å². The number of carboxylic acid groups (broad SMARTS) is 1. The molecule has 19 heteroatoms. The van der Waals surface area contributed by atoms with Crippen molar-refractivity contribution in [1.82, 2.24) is 20.9 Å². The molecule has 1 saturated heterocycles. The maximum atomic E-state index is 14.2. The van der Waals surface area contributed by atoms with E-state index in [-0.39, 0.29) is 56.7 Å². The van der Waals surface area contributed by atoms with Crippen LogP contribution in [0.25, 0.3) is 0 Å². The summed E-state index contributed by atoms with van der Waals surface area (Å²) in [4.78, 5) is 121. The van der Waals surface area contributed by atoms with Crippen molar-refractivity contribution in [3.05, 3.63) is 71.5 Å². The predicted octanol–water partition coefficient (Wildman–Crippen LogP) is 2.08. The van der Waals surface area contributed by atoms with Crippen LogP contribution in [0.15, 0.2) is 54.6 Å². The molecule has 0 aromatic heterocycles. The number of carbonyl (C=O) groups excluding carboxylic acids is 8. The lowest BCUT2D eigenvalue weighted by Crippen LogP contribution is -2.53. The van der Waals surface area contributed by atoms with Gasteiger partial charge in [-0.25, -0.2) is 9.18 Å². The van der Waals surface area contributed by atoms with E-state index in [2.05, 4.69) is 28.6 Å². The summed E-state index contributed by atoms with van der Waals surface area (Å²) in [6.45, 7) is 6.30. The molecule has 0 saturated carbocycles. The first kappa shape index (κ1) is 55.8. The van der Waals surface area contributed by atoms with Crippen LogP contribution in [-0.4, -0.2) is 117 Å². The topological polar surface area (TPSA) is 285 Å². The molecule has 2 aromatic carbocycles. The Morgan fingerprint density at radius 2 is 1.37 bits per heavy atom. The summed E-state index contributed by atoms with van der Waals surface area (Å²) in [6, 6.07) is 8.51. The number of halogens is 1. The van der Waals surface area contributed by atoms with Crippen LogP contribution in [0.4, 0.5) is 4.39 Å². The summed E-state index contributed by atoms with van der Waals surface area (Å²) in [6.07, 6.45) is -0.570. The van der Waals surface area contributed by atoms with E-state index in [0.29, 0.717) is 24.0 Å². The number of likely N-dealkylation sites (tertiary alicyclic amines) is 1. The molecule has 1 aliphatic rings. The number of nitrogens with zero attached hydrogens (tertiary/aromatic N) is 1. The summed E-state index contributed by atoms with van der Waals surface area (Å²) in [5, 5.41) is 27.8. The van der Waals surface area contributed by atoms with Gasteiger partial charge < -0.3 is 42.5 Å². The third-order valence-corrected chi connectivity index (χ3v) is 12.7. The third-order valence-electron chi connectivity index (χ3n) is 12.3. The molecule has 9 atom stereocenters. The zero-order chi connectivity index (χ0) is 50.0. The van der Waals surface area contributed by atoms with Gasteiger partial charge in [0.2, 0.25) is 29.5 Å². The van der Waals surface area contributed by atoms with Crippen LogP contribution < -0.4 is 27.4 Å². The van der Waals surface area contributed by atoms with Gasteiger partial charge in [0.25, 0.3) is 0 Å². The molecule has 67 heavy (non-hydrogen) atoms. The number of thiol groups is 1. The highest BCUT2D eigenvalue weighted by molar-refractivity contribution is 7.80. The highest BCUT2D eigenvalue weighted by atomic mass is 32.1. The van der Waals surface area contributed by atoms with Crippen molar-refractivity contribution in [1.29, 1.82) is 0 Å². The number of hydrogen-bond acceptors (Lipinski definition) is 12. The summed E-state index contributed by atoms with van der Waals surface area (Å²) >= 11 is 4.33. The fraction of sp³-hybridized carbons (Fsp3) is 0.562. The Labute approximate surface area is 396 Å². The Kier molecular flexibility index (Phi) is 22.8. The lowest BCUT2D eigenvalue weighted by molar-refractivity contribution is -0.145. The van der Waals surface area contributed by atoms with Crippen molar-refractivity contribution in [2.75, 3.05) is 18.9 Å². The summed E-state index contributed by atoms with van der Waals surface area (Å²) < 4.78 is 13.4. The van der Waals surface area contributed by atoms with Gasteiger partial charge in [0, 0.05) is 50.3 Å². The number of rotatable bonds is 29. The Bertz CT molecular complexity index is 2040. The number of aliphatic carboxylic acids is 1. The monoisotopic (exact) mass is 954 g/mol. The van der Waals surface area contributed by atoms with E-state index in [9.17, 15) is 57.8 Å². The van der Waals surface area contributed by atoms with E-state index in [1.54, 1.807) is 51.1 Å². The number of nitrogens with two attached hydrogens (primary N) is 2. The predicted molar refractivity (Wildman–Crippen MR) is 249 cm³/mol. The van der Waals surface area contributed by atoms with Gasteiger partial charge in [-0.05, 0) is 60.8 Å². The van der Waals surface area contributed by atoms with Gasteiger partial charge in [-0.3, -0.25) is 38.4 Å². The molecular formula is C48H67FN6O11S. The minimum atomic E-state index is -1.34. The van der Waals surface area contributed by atoms with Crippen LogP contribution in [0.5, 0.6) is 0 Å². The Hall–Kier alpha value is -5.53. The van der Waals surface area contributed by atoms with Gasteiger partial charge >= 0.3 is 5.97 Å². The summed E-state index contributed by atoms with van der Waals surface area (Å²) in [5.74, 6) is -11.3. The SMILES string of the molecule is CC[C@H](C)[C@H](NC(=O)[C@@H](N)Cc1ccc(F)cc1)C(=O)C[C@@H](CS)C(=O)N[C@H](C(=O)C[C@@H](CCC(N)=O)C(=O)N1CCC[C@H]1C(=O)C[C@@H](CO)C(=O)N[C@@H](Cc1ccccc1)C(=O)O)C(C)C. The maximum absolute atomic E-state index is 14.2. The molecule has 3 rings (SSSR count). The van der Waals surface area contributed by atoms with E-state index in [1.807, 2.05) is 6.92 Å². The first-order valence-corrected chi connectivity index (χ1v) is 23.4. The molecule has 368 valence electrons. The summed E-state index contributed by atoms with van der Waals surface area (Å²) in [5.41, 5.74) is 12.9. The van der Waals surface area contributed by atoms with E-state index in [0.717, 1.165) is 0 Å². The number of amides is 5. The summed E-state index contributed by atoms with van der Waals surface area (Å²) in [7, 11) is 0. The minimum absolute atomic E-state index is 0.0421. The van der Waals surface area contributed by atoms with Gasteiger partial charge in [-0.2, -0.15) is 12.6 Å². The van der Waals surface area contributed by atoms with Crippen molar-refractivity contribution in [3.63, 3.8) is 0 Å². The minimum Gasteiger partial charge on any atom is -0.480 e. The van der Waals surface area contributed by atoms with Gasteiger partial charge in [0.1, 0.15) is 11.9 Å². The smallest absolute Gasteiger partial charge is 0.326 e. The molecule has 1 fully saturated rings. The van der Waals surface area contributed by atoms with Crippen molar-refractivity contribution in [3.8, 4) is 0 Å². The molecule has 5 amide bonds. The molecule has 1 heterocycles. The quantitative estimate of drug-likeness (QED) is 0.0545. The number of benzene rings is 2. The van der Waals surface area contributed by atoms with Crippen molar-refractivity contribution in [2.24, 2.45) is 41.1 Å². The second-order valence-corrected chi connectivity index (χ2v) is 18.2. The lowest BCUT2D eigenvalue weighted by atomic mass is 9.87. The van der Waals surface area contributed by atoms with Crippen LogP contribution >= 0.6 is 12.6 Å². The fourth-order valence-corrected chi connectivity index (χ4v) is 8.36. The molecule has 2 aromatic rings. The van der Waals surface area contributed by atoms with Crippen LogP contribution in [0.1, 0.15) is 90.2 Å². The lowest BCUT2D eigenvalue weighted by Gasteiger charge is -2.30. The zero-order valence-electron chi connectivity index (χ0n) is 38.7. The van der Waals surface area contributed by atoms with E-state index in [4.69, 9.17) is 11.5 Å². The molecule has 0 aliphatic carbocycles. The number of aliphatic hydroxyl groups excluding tert-OH is 1. The van der Waals surface area contributed by atoms with Gasteiger partial charge in [-0.1, -0.05) is 76.6 Å². The van der Waals surface area contributed by atoms with Crippen LogP contribution in [0, 0.1) is 35.4 Å². The van der Waals surface area contributed by atoms with Crippen molar-refractivity contribution < 1.29 is 57.8 Å². The number of nitrogens with one attached hydrogen (secondary N) is 3. The standard InChI is InChI=1S/C48H67FN6O11S/c1-5-28(4)43(54-46(63)35(50)20-30-13-16-34(49)17-14-30)40(59)24-33(26-67)45(62)53-42(27(2)3)39(58)22-31(15-18-41(51)60)47(64)55-19-9-12-37(55)38(57)23-32(25-56)44(61)52-36(48(65)66)21-29-10-7-6-8-11-29/h6-8,10-11,13-14,16-17,27-28,31-33,35-37,42-43,56,67H,5,9,12,15,18-26,50H2,1-4H3,(H2,51,60)(H,52,61)(H,53,62)(H,54,63)(H,65,66)/t28-,31+,32-,33-,35-,36-,37-,42-,43-/m0/s1. The third kappa shape index (κ3) is 17.3. The number of Topliss-reactive ketones (excluding diaryl/α,β-unsaturated/α-hetero) is 3. The van der Waals surface area contributed by atoms with Crippen molar-refractivity contribution in [2.45, 2.75) is 122 Å². The molecule has 0 bridgehead atoms. The van der Waals surface area contributed by atoms with E-state index >= 15 is 0 Å². The van der Waals surface area contributed by atoms with Crippen molar-refractivity contribution >= 4 is 65.5 Å². The largest absolute Gasteiger partial charge is 0.480 e. The Morgan fingerprint density at radius 1 is 0.791 bits per heavy atom. The van der Waals surface area contributed by atoms with E-state index in [1.165, 1.54) is 29.2 Å². The second kappa shape index (κ2) is 27.3. The fourth-order valence-electron chi connectivity index (χ4n) is 8.06. The molecule has 1 aliphatic heterocycles. The van der Waals surface area contributed by atoms with Gasteiger partial charge in [-0.15, -0.1) is 0 Å². The van der Waals surface area contributed by atoms with Crippen LogP contribution in [-0.2, 0) is 56.0 Å². The normalized spacial score (nSPS) is 17.2. The number of carboxylic acids is 1. The van der Waals surface area contributed by atoms with Gasteiger partial charge in [0.15, 0.2) is 17.3 Å². The number of ketones is 3. The zero-order valence-corrected chi connectivity index (χ0v) is 39.6. The number of primary amides is 1.